The van der Waals surface area contributed by atoms with Crippen molar-refractivity contribution in [1.29, 1.82) is 0 Å². The molecule has 4 aromatic rings. The average molecular weight is 594 g/mol. The molecule has 0 aliphatic rings. The van der Waals surface area contributed by atoms with Crippen LogP contribution < -0.4 is 9.62 Å². The van der Waals surface area contributed by atoms with Gasteiger partial charge < -0.3 is 4.90 Å². The van der Waals surface area contributed by atoms with E-state index >= 15 is 0 Å². The van der Waals surface area contributed by atoms with Crippen LogP contribution in [-0.4, -0.2) is 51.4 Å². The number of thiazole rings is 1. The van der Waals surface area contributed by atoms with Crippen LogP contribution in [0.4, 0.5) is 10.8 Å². The van der Waals surface area contributed by atoms with Gasteiger partial charge in [-0.2, -0.15) is 0 Å². The third-order valence-electron chi connectivity index (χ3n) is 5.96. The van der Waals surface area contributed by atoms with Gasteiger partial charge in [-0.25, -0.2) is 13.4 Å². The highest BCUT2D eigenvalue weighted by atomic mass is 35.5. The summed E-state index contributed by atoms with van der Waals surface area (Å²) in [6, 6.07) is 16.5. The van der Waals surface area contributed by atoms with E-state index in [9.17, 15) is 13.2 Å². The smallest absolute Gasteiger partial charge is 0.261 e. The van der Waals surface area contributed by atoms with E-state index in [2.05, 4.69) is 35.6 Å². The summed E-state index contributed by atoms with van der Waals surface area (Å²) >= 11 is 7.36. The molecule has 38 heavy (non-hydrogen) atoms. The third kappa shape index (κ3) is 7.03. The number of nitrogens with one attached hydrogen (secondary N) is 1. The fourth-order valence-corrected chi connectivity index (χ4v) is 6.03. The van der Waals surface area contributed by atoms with Crippen molar-refractivity contribution in [3.63, 3.8) is 0 Å². The summed E-state index contributed by atoms with van der Waals surface area (Å²) in [5.74, 6) is -0.182. The van der Waals surface area contributed by atoms with Gasteiger partial charge in [0.2, 0.25) is 0 Å². The minimum atomic E-state index is -3.78. The molecule has 0 aliphatic heterocycles. The molecule has 0 atom stereocenters. The molecule has 1 N–H and O–H groups in total. The molecule has 0 saturated carbocycles. The summed E-state index contributed by atoms with van der Waals surface area (Å²) < 4.78 is 29.0. The van der Waals surface area contributed by atoms with Gasteiger partial charge in [-0.15, -0.1) is 12.4 Å². The molecule has 7 nitrogen and oxygen atoms in total. The van der Waals surface area contributed by atoms with Crippen molar-refractivity contribution in [2.75, 3.05) is 36.8 Å². The normalized spacial score (nSPS) is 11.4. The number of halogens is 2. The van der Waals surface area contributed by atoms with Gasteiger partial charge >= 0.3 is 0 Å². The number of hydrogen-bond donors (Lipinski definition) is 1. The van der Waals surface area contributed by atoms with Gasteiger partial charge in [0.05, 0.1) is 15.1 Å². The average Bonchev–Trinajstić information content (AvgIpc) is 3.24. The Kier molecular flexibility index (Phi) is 9.78. The molecule has 1 heterocycles. The zero-order valence-electron chi connectivity index (χ0n) is 21.6. The molecule has 0 unspecified atom stereocenters. The van der Waals surface area contributed by atoms with E-state index in [0.717, 1.165) is 28.7 Å². The Bertz CT molecular complexity index is 1480. The lowest BCUT2D eigenvalue weighted by atomic mass is 10.1. The van der Waals surface area contributed by atoms with Crippen molar-refractivity contribution < 1.29 is 13.2 Å². The van der Waals surface area contributed by atoms with Gasteiger partial charge in [-0.1, -0.05) is 22.9 Å². The Morgan fingerprint density at radius 3 is 2.24 bits per heavy atom. The lowest BCUT2D eigenvalue weighted by molar-refractivity contribution is 0.0986. The third-order valence-corrected chi connectivity index (χ3v) is 8.65. The summed E-state index contributed by atoms with van der Waals surface area (Å²) in [6.07, 6.45) is 0.783. The molecule has 202 valence electrons. The lowest BCUT2D eigenvalue weighted by Crippen LogP contribution is -2.33. The number of hydrogen-bond acceptors (Lipinski definition) is 6. The molecule has 1 aromatic heterocycles. The second kappa shape index (κ2) is 12.4. The second-order valence-corrected chi connectivity index (χ2v) is 12.3. The Balaban J connectivity index is 0.00000400. The number of aryl methyl sites for hydroxylation is 2. The maximum atomic E-state index is 13.6. The van der Waals surface area contributed by atoms with Gasteiger partial charge in [-0.05, 0) is 113 Å². The van der Waals surface area contributed by atoms with Crippen molar-refractivity contribution in [1.82, 2.24) is 9.88 Å². The van der Waals surface area contributed by atoms with E-state index in [1.807, 2.05) is 14.1 Å². The van der Waals surface area contributed by atoms with Crippen molar-refractivity contribution in [2.45, 2.75) is 25.2 Å². The van der Waals surface area contributed by atoms with Crippen LogP contribution in [0.1, 0.15) is 27.9 Å². The highest BCUT2D eigenvalue weighted by Gasteiger charge is 2.22. The number of carbonyl (C=O) groups excluding carboxylic acids is 1. The van der Waals surface area contributed by atoms with Crippen LogP contribution in [0.15, 0.2) is 65.6 Å². The highest BCUT2D eigenvalue weighted by molar-refractivity contribution is 7.92. The number of aromatic nitrogens is 1. The first-order valence-electron chi connectivity index (χ1n) is 11.8. The number of carbonyl (C=O) groups is 1. The van der Waals surface area contributed by atoms with Crippen LogP contribution >= 0.6 is 35.3 Å². The Morgan fingerprint density at radius 1 is 0.974 bits per heavy atom. The molecule has 4 rings (SSSR count). The SMILES string of the molecule is Cc1cc2nc(N(CCCN(C)C)C(=O)c3ccc(NS(=O)(=O)c4ccc(Cl)cc4)cc3)sc2cc1C.Cl. The minimum absolute atomic E-state index is 0. The van der Waals surface area contributed by atoms with Crippen LogP contribution in [0, 0.1) is 13.8 Å². The predicted molar refractivity (Wildman–Crippen MR) is 160 cm³/mol. The molecule has 0 saturated heterocycles. The molecule has 3 aromatic carbocycles. The Labute approximate surface area is 238 Å². The number of benzene rings is 3. The minimum Gasteiger partial charge on any atom is -0.309 e. The van der Waals surface area contributed by atoms with E-state index in [1.54, 1.807) is 29.2 Å². The Morgan fingerprint density at radius 2 is 1.61 bits per heavy atom. The number of anilines is 2. The molecule has 0 bridgehead atoms. The summed E-state index contributed by atoms with van der Waals surface area (Å²) in [7, 11) is 0.217. The quantitative estimate of drug-likeness (QED) is 0.243. The fourth-order valence-electron chi connectivity index (χ4n) is 3.78. The van der Waals surface area contributed by atoms with Crippen LogP contribution in [0.25, 0.3) is 10.2 Å². The monoisotopic (exact) mass is 592 g/mol. The summed E-state index contributed by atoms with van der Waals surface area (Å²) in [6.45, 7) is 5.46. The molecule has 0 radical (unpaired) electrons. The molecule has 1 amide bonds. The lowest BCUT2D eigenvalue weighted by Gasteiger charge is -2.21. The second-order valence-electron chi connectivity index (χ2n) is 9.15. The molecular formula is C27H30Cl2N4O3S2. The van der Waals surface area contributed by atoms with E-state index in [0.29, 0.717) is 27.9 Å². The number of nitrogens with zero attached hydrogens (tertiary/aromatic N) is 3. The number of fused-ring (bicyclic) bond motifs is 1. The zero-order chi connectivity index (χ0) is 26.7. The van der Waals surface area contributed by atoms with Crippen LogP contribution in [0.5, 0.6) is 0 Å². The molecule has 11 heteroatoms. The van der Waals surface area contributed by atoms with Crippen LogP contribution in [-0.2, 0) is 10.0 Å². The van der Waals surface area contributed by atoms with Crippen molar-refractivity contribution in [2.24, 2.45) is 0 Å². The summed E-state index contributed by atoms with van der Waals surface area (Å²) in [4.78, 5) is 22.3. The van der Waals surface area contributed by atoms with Crippen molar-refractivity contribution >= 4 is 72.3 Å². The highest BCUT2D eigenvalue weighted by Crippen LogP contribution is 2.32. The van der Waals surface area contributed by atoms with E-state index < -0.39 is 10.0 Å². The fraction of sp³-hybridized carbons (Fsp3) is 0.259. The number of amides is 1. The maximum absolute atomic E-state index is 13.6. The van der Waals surface area contributed by atoms with Gasteiger partial charge in [-0.3, -0.25) is 14.4 Å². The maximum Gasteiger partial charge on any atom is 0.261 e. The first kappa shape index (κ1) is 29.9. The first-order chi connectivity index (χ1) is 17.5. The zero-order valence-corrected chi connectivity index (χ0v) is 24.8. The van der Waals surface area contributed by atoms with Gasteiger partial charge in [0.15, 0.2) is 5.13 Å². The van der Waals surface area contributed by atoms with Gasteiger partial charge in [0, 0.05) is 22.8 Å². The standard InChI is InChI=1S/C27H29ClN4O3S2.ClH/c1-18-16-24-25(17-19(18)2)36-27(29-24)32(15-5-14-31(3)4)26(33)20-6-10-22(11-7-20)30-37(34,35)23-12-8-21(28)9-13-23;/h6-13,16-17,30H,5,14-15H2,1-4H3;1H. The van der Waals surface area contributed by atoms with E-state index in [4.69, 9.17) is 16.6 Å². The summed E-state index contributed by atoms with van der Waals surface area (Å²) in [5, 5.41) is 1.10. The van der Waals surface area contributed by atoms with Crippen LogP contribution in [0.3, 0.4) is 0 Å². The van der Waals surface area contributed by atoms with Gasteiger partial charge in [0.25, 0.3) is 15.9 Å². The molecule has 0 spiro atoms. The van der Waals surface area contributed by atoms with Crippen LogP contribution in [0.2, 0.25) is 5.02 Å². The predicted octanol–water partition coefficient (Wildman–Crippen LogP) is 6.39. The van der Waals surface area contributed by atoms with Crippen molar-refractivity contribution in [3.8, 4) is 0 Å². The van der Waals surface area contributed by atoms with E-state index in [-0.39, 0.29) is 23.2 Å². The molecule has 0 fully saturated rings. The first-order valence-corrected chi connectivity index (χ1v) is 14.4. The molecule has 0 aliphatic carbocycles. The topological polar surface area (TPSA) is 82.6 Å². The summed E-state index contributed by atoms with van der Waals surface area (Å²) in [5.41, 5.74) is 4.03. The largest absolute Gasteiger partial charge is 0.309 e. The Hall–Kier alpha value is -2.69. The van der Waals surface area contributed by atoms with Crippen molar-refractivity contribution in [3.05, 3.63) is 82.4 Å². The van der Waals surface area contributed by atoms with E-state index in [1.165, 1.54) is 41.2 Å². The molecular weight excluding hydrogens is 563 g/mol. The van der Waals surface area contributed by atoms with Gasteiger partial charge in [0.1, 0.15) is 0 Å². The number of sulfonamides is 1. The number of rotatable bonds is 9.